The van der Waals surface area contributed by atoms with E-state index in [1.54, 1.807) is 23.1 Å². The van der Waals surface area contributed by atoms with Crippen LogP contribution in [-0.4, -0.2) is 48.9 Å². The minimum absolute atomic E-state index is 0.171. The normalized spacial score (nSPS) is 24.1. The van der Waals surface area contributed by atoms with E-state index in [-0.39, 0.29) is 11.8 Å². The van der Waals surface area contributed by atoms with Gasteiger partial charge in [-0.05, 0) is 50.6 Å². The van der Waals surface area contributed by atoms with E-state index in [2.05, 4.69) is 17.1 Å². The van der Waals surface area contributed by atoms with Gasteiger partial charge in [-0.1, -0.05) is 30.1 Å². The maximum Gasteiger partial charge on any atom is 0.239 e. The molecule has 3 rings (SSSR count). The molecule has 0 aliphatic carbocycles. The third-order valence-electron chi connectivity index (χ3n) is 5.15. The molecule has 5 nitrogen and oxygen atoms in total. The molecule has 2 fully saturated rings. The molecule has 1 aromatic carbocycles. The number of hydrogen-bond acceptors (Lipinski definition) is 3. The van der Waals surface area contributed by atoms with Gasteiger partial charge in [0, 0.05) is 24.8 Å². The minimum atomic E-state index is -0.620. The van der Waals surface area contributed by atoms with Crippen molar-refractivity contribution in [2.45, 2.75) is 32.2 Å². The van der Waals surface area contributed by atoms with Crippen LogP contribution in [-0.2, 0) is 9.59 Å². The molecule has 0 aromatic heterocycles. The quantitative estimate of drug-likeness (QED) is 0.795. The van der Waals surface area contributed by atoms with Crippen LogP contribution in [0.4, 0.5) is 5.69 Å². The Bertz CT molecular complexity index is 668. The van der Waals surface area contributed by atoms with Crippen molar-refractivity contribution in [2.24, 2.45) is 5.92 Å². The van der Waals surface area contributed by atoms with Crippen LogP contribution in [0.2, 0.25) is 10.0 Å². The number of carbonyl (C=O) groups excluding carboxylic acids is 2. The van der Waals surface area contributed by atoms with Gasteiger partial charge >= 0.3 is 0 Å². The van der Waals surface area contributed by atoms with Crippen molar-refractivity contribution in [1.82, 2.24) is 10.2 Å². The summed E-state index contributed by atoms with van der Waals surface area (Å²) in [6.07, 6.45) is 2.79. The third kappa shape index (κ3) is 3.94. The molecule has 0 bridgehead atoms. The SMILES string of the molecule is CCN1CCCC1CNC(=O)C1CCN(c2ccc(Cl)c(Cl)c2)C1=O. The van der Waals surface area contributed by atoms with Crippen LogP contribution < -0.4 is 10.2 Å². The second-order valence-corrected chi connectivity index (χ2v) is 7.41. The zero-order valence-corrected chi connectivity index (χ0v) is 15.8. The maximum absolute atomic E-state index is 12.6. The van der Waals surface area contributed by atoms with Gasteiger partial charge in [-0.25, -0.2) is 0 Å². The highest BCUT2D eigenvalue weighted by atomic mass is 35.5. The molecular formula is C18H23Cl2N3O2. The Morgan fingerprint density at radius 3 is 2.76 bits per heavy atom. The lowest BCUT2D eigenvalue weighted by molar-refractivity contribution is -0.132. The molecule has 2 amide bonds. The molecule has 7 heteroatoms. The van der Waals surface area contributed by atoms with Crippen LogP contribution >= 0.6 is 23.2 Å². The molecular weight excluding hydrogens is 361 g/mol. The summed E-state index contributed by atoms with van der Waals surface area (Å²) < 4.78 is 0. The van der Waals surface area contributed by atoms with Crippen molar-refractivity contribution in [3.8, 4) is 0 Å². The van der Waals surface area contributed by atoms with Crippen molar-refractivity contribution < 1.29 is 9.59 Å². The standard InChI is InChI=1S/C18H23Cl2N3O2/c1-2-22-8-3-4-13(22)11-21-17(24)14-7-9-23(18(14)25)12-5-6-15(19)16(20)10-12/h5-6,10,13-14H,2-4,7-9,11H2,1H3,(H,21,24). The molecule has 2 unspecified atom stereocenters. The maximum atomic E-state index is 12.6. The smallest absolute Gasteiger partial charge is 0.239 e. The molecule has 2 aliphatic heterocycles. The van der Waals surface area contributed by atoms with Gasteiger partial charge < -0.3 is 10.2 Å². The van der Waals surface area contributed by atoms with E-state index in [4.69, 9.17) is 23.2 Å². The van der Waals surface area contributed by atoms with Gasteiger partial charge in [-0.3, -0.25) is 14.5 Å². The van der Waals surface area contributed by atoms with Gasteiger partial charge in [0.2, 0.25) is 11.8 Å². The van der Waals surface area contributed by atoms with E-state index in [1.165, 1.54) is 6.42 Å². The molecule has 1 N–H and O–H groups in total. The van der Waals surface area contributed by atoms with E-state index >= 15 is 0 Å². The summed E-state index contributed by atoms with van der Waals surface area (Å²) in [5, 5.41) is 3.83. The van der Waals surface area contributed by atoms with Crippen molar-refractivity contribution in [3.63, 3.8) is 0 Å². The average Bonchev–Trinajstić information content (AvgIpc) is 3.21. The number of anilines is 1. The summed E-state index contributed by atoms with van der Waals surface area (Å²) in [6.45, 7) is 5.34. The summed E-state index contributed by atoms with van der Waals surface area (Å²) in [5.41, 5.74) is 0.683. The van der Waals surface area contributed by atoms with E-state index in [0.717, 1.165) is 19.5 Å². The summed E-state index contributed by atoms with van der Waals surface area (Å²) in [6, 6.07) is 5.47. The number of nitrogens with one attached hydrogen (secondary N) is 1. The average molecular weight is 384 g/mol. The summed E-state index contributed by atoms with van der Waals surface area (Å²) in [7, 11) is 0. The highest BCUT2D eigenvalue weighted by molar-refractivity contribution is 6.42. The number of likely N-dealkylation sites (tertiary alicyclic amines) is 1. The third-order valence-corrected chi connectivity index (χ3v) is 5.89. The Kier molecular flexibility index (Phi) is 5.87. The van der Waals surface area contributed by atoms with E-state index in [9.17, 15) is 9.59 Å². The summed E-state index contributed by atoms with van der Waals surface area (Å²) in [4.78, 5) is 29.1. The fraction of sp³-hybridized carbons (Fsp3) is 0.556. The molecule has 2 aliphatic rings. The Balaban J connectivity index is 1.59. The van der Waals surface area contributed by atoms with Crippen LogP contribution in [0.15, 0.2) is 18.2 Å². The van der Waals surface area contributed by atoms with E-state index in [0.29, 0.717) is 41.3 Å². The van der Waals surface area contributed by atoms with Crippen molar-refractivity contribution in [1.29, 1.82) is 0 Å². The van der Waals surface area contributed by atoms with E-state index in [1.807, 2.05) is 0 Å². The van der Waals surface area contributed by atoms with Gasteiger partial charge in [0.1, 0.15) is 5.92 Å². The highest BCUT2D eigenvalue weighted by Crippen LogP contribution is 2.31. The first-order valence-electron chi connectivity index (χ1n) is 8.79. The number of amides is 2. The van der Waals surface area contributed by atoms with Crippen LogP contribution in [0, 0.1) is 5.92 Å². The first-order valence-corrected chi connectivity index (χ1v) is 9.55. The number of halogens is 2. The van der Waals surface area contributed by atoms with Gasteiger partial charge in [0.25, 0.3) is 0 Å². The molecule has 25 heavy (non-hydrogen) atoms. The zero-order valence-electron chi connectivity index (χ0n) is 14.3. The van der Waals surface area contributed by atoms with E-state index < -0.39 is 5.92 Å². The van der Waals surface area contributed by atoms with Crippen molar-refractivity contribution in [2.75, 3.05) is 31.1 Å². The molecule has 136 valence electrons. The topological polar surface area (TPSA) is 52.7 Å². The minimum Gasteiger partial charge on any atom is -0.354 e. The highest BCUT2D eigenvalue weighted by Gasteiger charge is 2.38. The molecule has 0 saturated carbocycles. The molecule has 2 heterocycles. The van der Waals surface area contributed by atoms with Gasteiger partial charge in [-0.15, -0.1) is 0 Å². The molecule has 2 saturated heterocycles. The number of likely N-dealkylation sites (N-methyl/N-ethyl adjacent to an activating group) is 1. The fourth-order valence-corrected chi connectivity index (χ4v) is 4.01. The van der Waals surface area contributed by atoms with Crippen LogP contribution in [0.3, 0.4) is 0 Å². The number of carbonyl (C=O) groups is 2. The Labute approximate surface area is 158 Å². The molecule has 0 radical (unpaired) electrons. The predicted molar refractivity (Wildman–Crippen MR) is 100 cm³/mol. The van der Waals surface area contributed by atoms with Crippen molar-refractivity contribution in [3.05, 3.63) is 28.2 Å². The lowest BCUT2D eigenvalue weighted by atomic mass is 10.1. The fourth-order valence-electron chi connectivity index (χ4n) is 3.72. The van der Waals surface area contributed by atoms with Gasteiger partial charge in [0.15, 0.2) is 0 Å². The number of nitrogens with zero attached hydrogens (tertiary/aromatic N) is 2. The first-order chi connectivity index (χ1) is 12.0. The number of benzene rings is 1. The lowest BCUT2D eigenvalue weighted by Gasteiger charge is -2.23. The second-order valence-electron chi connectivity index (χ2n) is 6.60. The largest absolute Gasteiger partial charge is 0.354 e. The Morgan fingerprint density at radius 1 is 1.24 bits per heavy atom. The van der Waals surface area contributed by atoms with Crippen LogP contribution in [0.5, 0.6) is 0 Å². The first kappa shape index (κ1) is 18.5. The summed E-state index contributed by atoms with van der Waals surface area (Å²) >= 11 is 12.0. The zero-order chi connectivity index (χ0) is 18.0. The molecule has 1 aromatic rings. The van der Waals surface area contributed by atoms with Crippen molar-refractivity contribution >= 4 is 40.7 Å². The van der Waals surface area contributed by atoms with Gasteiger partial charge in [0.05, 0.1) is 10.0 Å². The molecule has 0 spiro atoms. The summed E-state index contributed by atoms with van der Waals surface area (Å²) in [5.74, 6) is -0.962. The number of rotatable bonds is 5. The Hall–Kier alpha value is -1.30. The monoisotopic (exact) mass is 383 g/mol. The lowest BCUT2D eigenvalue weighted by Crippen LogP contribution is -2.43. The Morgan fingerprint density at radius 2 is 2.04 bits per heavy atom. The van der Waals surface area contributed by atoms with Crippen LogP contribution in [0.25, 0.3) is 0 Å². The molecule has 2 atom stereocenters. The van der Waals surface area contributed by atoms with Crippen LogP contribution in [0.1, 0.15) is 26.2 Å². The number of hydrogen-bond donors (Lipinski definition) is 1. The predicted octanol–water partition coefficient (Wildman–Crippen LogP) is 2.95. The second kappa shape index (κ2) is 7.94. The van der Waals surface area contributed by atoms with Gasteiger partial charge in [-0.2, -0.15) is 0 Å².